The second-order valence-electron chi connectivity index (χ2n) is 5.98. The molecule has 0 fully saturated rings. The average Bonchev–Trinajstić information content (AvgIpc) is 2.44. The second kappa shape index (κ2) is 14.1. The molecule has 0 aliphatic rings. The number of esters is 1. The van der Waals surface area contributed by atoms with E-state index in [1.54, 1.807) is 6.92 Å². The summed E-state index contributed by atoms with van der Waals surface area (Å²) in [5, 5.41) is 9.60. The largest absolute Gasteiger partial charge is 0.462 e. The molecule has 0 spiro atoms. The third-order valence-electron chi connectivity index (χ3n) is 3.64. The van der Waals surface area contributed by atoms with Gasteiger partial charge < -0.3 is 9.84 Å². The lowest BCUT2D eigenvalue weighted by Gasteiger charge is -2.08. The van der Waals surface area contributed by atoms with Gasteiger partial charge in [0.25, 0.3) is 0 Å². The molecule has 0 aliphatic carbocycles. The summed E-state index contributed by atoms with van der Waals surface area (Å²) < 4.78 is 5.04. The first-order chi connectivity index (χ1) is 10.1. The summed E-state index contributed by atoms with van der Waals surface area (Å²) in [6.07, 6.45) is 12.3. The molecule has 0 radical (unpaired) electrons. The summed E-state index contributed by atoms with van der Waals surface area (Å²) in [5.74, 6) is -0.278. The summed E-state index contributed by atoms with van der Waals surface area (Å²) in [6, 6.07) is 0. The van der Waals surface area contributed by atoms with Crippen LogP contribution in [-0.2, 0) is 9.53 Å². The fraction of sp³-hybridized carbons (Fsp3) is 0.833. The molecule has 21 heavy (non-hydrogen) atoms. The highest BCUT2D eigenvalue weighted by Gasteiger charge is 2.02. The summed E-state index contributed by atoms with van der Waals surface area (Å²) in [6.45, 7) is 7.85. The van der Waals surface area contributed by atoms with E-state index in [9.17, 15) is 9.90 Å². The molecule has 1 N–H and O–H groups in total. The van der Waals surface area contributed by atoms with Crippen molar-refractivity contribution >= 4 is 5.97 Å². The molecular formula is C18H34O3. The Kier molecular flexibility index (Phi) is 13.6. The van der Waals surface area contributed by atoms with Crippen LogP contribution in [0, 0.1) is 0 Å². The zero-order valence-electron chi connectivity index (χ0n) is 14.0. The first kappa shape index (κ1) is 20.2. The molecule has 1 unspecified atom stereocenters. The Morgan fingerprint density at radius 1 is 1.00 bits per heavy atom. The number of hydrogen-bond acceptors (Lipinski definition) is 3. The molecule has 0 heterocycles. The Bertz CT molecular complexity index is 274. The summed E-state index contributed by atoms with van der Waals surface area (Å²) in [4.78, 5) is 11.1. The van der Waals surface area contributed by atoms with Crippen LogP contribution >= 0.6 is 0 Å². The molecule has 0 rings (SSSR count). The minimum atomic E-state index is -0.278. The van der Waals surface area contributed by atoms with Crippen LogP contribution in [0.1, 0.15) is 84.5 Å². The molecule has 3 nitrogen and oxygen atoms in total. The maximum absolute atomic E-state index is 11.1. The van der Waals surface area contributed by atoms with Crippen LogP contribution in [0.4, 0.5) is 0 Å². The van der Waals surface area contributed by atoms with Crippen molar-refractivity contribution in [1.29, 1.82) is 0 Å². The molecule has 0 saturated heterocycles. The molecule has 0 aromatic carbocycles. The van der Waals surface area contributed by atoms with E-state index in [-0.39, 0.29) is 12.1 Å². The quantitative estimate of drug-likeness (QED) is 0.285. The average molecular weight is 298 g/mol. The molecule has 0 bridgehead atoms. The normalized spacial score (nSPS) is 12.1. The van der Waals surface area contributed by atoms with Crippen molar-refractivity contribution in [3.05, 3.63) is 12.2 Å². The SMILES string of the molecule is C=C(C)C(=O)OCCCCCCCCCCC(O)CCC. The Balaban J connectivity index is 3.16. The van der Waals surface area contributed by atoms with Gasteiger partial charge in [-0.15, -0.1) is 0 Å². The first-order valence-corrected chi connectivity index (χ1v) is 8.58. The fourth-order valence-corrected chi connectivity index (χ4v) is 2.31. The fourth-order valence-electron chi connectivity index (χ4n) is 2.31. The van der Waals surface area contributed by atoms with Gasteiger partial charge in [0, 0.05) is 5.57 Å². The van der Waals surface area contributed by atoms with Gasteiger partial charge in [-0.05, 0) is 26.2 Å². The molecule has 0 aliphatic heterocycles. The smallest absolute Gasteiger partial charge is 0.333 e. The van der Waals surface area contributed by atoms with Gasteiger partial charge in [0.05, 0.1) is 12.7 Å². The third kappa shape index (κ3) is 13.9. The monoisotopic (exact) mass is 298 g/mol. The van der Waals surface area contributed by atoms with Crippen LogP contribution in [0.2, 0.25) is 0 Å². The number of aliphatic hydroxyl groups excluding tert-OH is 1. The van der Waals surface area contributed by atoms with Crippen LogP contribution < -0.4 is 0 Å². The van der Waals surface area contributed by atoms with Crippen molar-refractivity contribution in [2.24, 2.45) is 0 Å². The van der Waals surface area contributed by atoms with Crippen LogP contribution in [0.15, 0.2) is 12.2 Å². The standard InChI is InChI=1S/C18H34O3/c1-4-13-17(19)14-11-9-7-5-6-8-10-12-15-21-18(20)16(2)3/h17,19H,2,4-15H2,1,3H3. The Morgan fingerprint density at radius 2 is 1.52 bits per heavy atom. The van der Waals surface area contributed by atoms with Gasteiger partial charge in [0.2, 0.25) is 0 Å². The number of carbonyl (C=O) groups is 1. The molecule has 3 heteroatoms. The van der Waals surface area contributed by atoms with E-state index in [1.807, 2.05) is 0 Å². The van der Waals surface area contributed by atoms with Crippen LogP contribution in [-0.4, -0.2) is 23.8 Å². The van der Waals surface area contributed by atoms with Gasteiger partial charge in [-0.3, -0.25) is 0 Å². The van der Waals surface area contributed by atoms with Gasteiger partial charge in [0.1, 0.15) is 0 Å². The highest BCUT2D eigenvalue weighted by Crippen LogP contribution is 2.12. The topological polar surface area (TPSA) is 46.5 Å². The van der Waals surface area contributed by atoms with Gasteiger partial charge in [-0.2, -0.15) is 0 Å². The molecule has 1 atom stereocenters. The lowest BCUT2D eigenvalue weighted by atomic mass is 10.0. The van der Waals surface area contributed by atoms with Crippen molar-refractivity contribution < 1.29 is 14.6 Å². The zero-order chi connectivity index (χ0) is 15.9. The molecule has 0 amide bonds. The zero-order valence-corrected chi connectivity index (χ0v) is 14.0. The minimum absolute atomic E-state index is 0.0862. The van der Waals surface area contributed by atoms with Crippen molar-refractivity contribution in [3.63, 3.8) is 0 Å². The maximum Gasteiger partial charge on any atom is 0.333 e. The van der Waals surface area contributed by atoms with E-state index in [1.165, 1.54) is 32.1 Å². The summed E-state index contributed by atoms with van der Waals surface area (Å²) >= 11 is 0. The Labute approximate surface area is 130 Å². The van der Waals surface area contributed by atoms with Crippen LogP contribution in [0.5, 0.6) is 0 Å². The molecule has 0 aromatic heterocycles. The molecule has 124 valence electrons. The predicted octanol–water partition coefficient (Wildman–Crippen LogP) is 4.78. The second-order valence-corrected chi connectivity index (χ2v) is 5.98. The Hall–Kier alpha value is -0.830. The van der Waals surface area contributed by atoms with E-state index in [2.05, 4.69) is 13.5 Å². The van der Waals surface area contributed by atoms with Crippen molar-refractivity contribution in [2.75, 3.05) is 6.61 Å². The van der Waals surface area contributed by atoms with Crippen molar-refractivity contribution in [1.82, 2.24) is 0 Å². The Morgan fingerprint density at radius 3 is 2.05 bits per heavy atom. The van der Waals surface area contributed by atoms with Crippen LogP contribution in [0.25, 0.3) is 0 Å². The first-order valence-electron chi connectivity index (χ1n) is 8.58. The number of unbranched alkanes of at least 4 members (excludes halogenated alkanes) is 7. The van der Waals surface area contributed by atoms with Gasteiger partial charge >= 0.3 is 5.97 Å². The van der Waals surface area contributed by atoms with Crippen LogP contribution in [0.3, 0.4) is 0 Å². The van der Waals surface area contributed by atoms with Gasteiger partial charge in [-0.1, -0.05) is 64.9 Å². The summed E-state index contributed by atoms with van der Waals surface area (Å²) in [7, 11) is 0. The summed E-state index contributed by atoms with van der Waals surface area (Å²) in [5.41, 5.74) is 0.471. The lowest BCUT2D eigenvalue weighted by Crippen LogP contribution is -2.06. The number of rotatable bonds is 14. The molecular weight excluding hydrogens is 264 g/mol. The minimum Gasteiger partial charge on any atom is -0.462 e. The molecule has 0 aromatic rings. The lowest BCUT2D eigenvalue weighted by molar-refractivity contribution is -0.139. The number of ether oxygens (including phenoxy) is 1. The van der Waals surface area contributed by atoms with Crippen molar-refractivity contribution in [2.45, 2.75) is 90.6 Å². The highest BCUT2D eigenvalue weighted by molar-refractivity contribution is 5.86. The molecule has 0 saturated carbocycles. The maximum atomic E-state index is 11.1. The highest BCUT2D eigenvalue weighted by atomic mass is 16.5. The number of aliphatic hydroxyl groups is 1. The van der Waals surface area contributed by atoms with Gasteiger partial charge in [-0.25, -0.2) is 4.79 Å². The van der Waals surface area contributed by atoms with E-state index in [4.69, 9.17) is 4.74 Å². The third-order valence-corrected chi connectivity index (χ3v) is 3.64. The van der Waals surface area contributed by atoms with E-state index in [0.717, 1.165) is 38.5 Å². The van der Waals surface area contributed by atoms with Crippen molar-refractivity contribution in [3.8, 4) is 0 Å². The predicted molar refractivity (Wildman–Crippen MR) is 88.2 cm³/mol. The van der Waals surface area contributed by atoms with E-state index in [0.29, 0.717) is 12.2 Å². The van der Waals surface area contributed by atoms with Gasteiger partial charge in [0.15, 0.2) is 0 Å². The number of hydrogen-bond donors (Lipinski definition) is 1. The van der Waals surface area contributed by atoms with E-state index < -0.39 is 0 Å². The number of carbonyl (C=O) groups excluding carboxylic acids is 1. The van der Waals surface area contributed by atoms with E-state index >= 15 is 0 Å².